The van der Waals surface area contributed by atoms with E-state index in [1.54, 1.807) is 54.3 Å². The Morgan fingerprint density at radius 3 is 2.59 bits per heavy atom. The van der Waals surface area contributed by atoms with E-state index in [2.05, 4.69) is 0 Å². The van der Waals surface area contributed by atoms with Crippen molar-refractivity contribution in [2.75, 3.05) is 32.7 Å². The van der Waals surface area contributed by atoms with Crippen LogP contribution in [0.25, 0.3) is 0 Å². The molecule has 154 valence electrons. The van der Waals surface area contributed by atoms with Gasteiger partial charge in [0.15, 0.2) is 11.5 Å². The number of nitrogens with zero attached hydrogens (tertiary/aromatic N) is 2. The summed E-state index contributed by atoms with van der Waals surface area (Å²) in [6.45, 7) is 0.625. The number of amides is 2. The molecular formula is C21H22Cl2N2O4. The summed E-state index contributed by atoms with van der Waals surface area (Å²) >= 11 is 12.3. The molecule has 29 heavy (non-hydrogen) atoms. The summed E-state index contributed by atoms with van der Waals surface area (Å²) in [5.74, 6) is 0.453. The molecule has 1 unspecified atom stereocenters. The molecule has 6 nitrogen and oxygen atoms in total. The van der Waals surface area contributed by atoms with Gasteiger partial charge >= 0.3 is 0 Å². The van der Waals surface area contributed by atoms with Gasteiger partial charge in [-0.05, 0) is 23.8 Å². The van der Waals surface area contributed by atoms with Gasteiger partial charge in [0, 0.05) is 38.3 Å². The van der Waals surface area contributed by atoms with E-state index < -0.39 is 5.92 Å². The molecule has 1 aliphatic heterocycles. The summed E-state index contributed by atoms with van der Waals surface area (Å²) in [6.07, 6.45) is 0.154. The first-order chi connectivity index (χ1) is 13.8. The molecule has 0 saturated carbocycles. The van der Waals surface area contributed by atoms with Crippen LogP contribution in [0.1, 0.15) is 12.0 Å². The van der Waals surface area contributed by atoms with Crippen LogP contribution in [0.15, 0.2) is 36.4 Å². The van der Waals surface area contributed by atoms with Crippen LogP contribution in [0.3, 0.4) is 0 Å². The van der Waals surface area contributed by atoms with Crippen LogP contribution in [-0.4, -0.2) is 44.5 Å². The van der Waals surface area contributed by atoms with Crippen molar-refractivity contribution >= 4 is 40.7 Å². The van der Waals surface area contributed by atoms with Gasteiger partial charge in [0.25, 0.3) is 0 Å². The highest BCUT2D eigenvalue weighted by Gasteiger charge is 2.36. The van der Waals surface area contributed by atoms with Crippen molar-refractivity contribution in [3.63, 3.8) is 0 Å². The quantitative estimate of drug-likeness (QED) is 0.685. The normalized spacial score (nSPS) is 16.1. The number of ether oxygens (including phenoxy) is 2. The molecule has 2 aromatic rings. The molecule has 0 N–H and O–H groups in total. The van der Waals surface area contributed by atoms with E-state index in [9.17, 15) is 9.59 Å². The third-order valence-corrected chi connectivity index (χ3v) is 5.83. The van der Waals surface area contributed by atoms with Gasteiger partial charge in [-0.1, -0.05) is 35.3 Å². The van der Waals surface area contributed by atoms with Gasteiger partial charge in [0.05, 0.1) is 30.2 Å². The first-order valence-corrected chi connectivity index (χ1v) is 9.81. The number of rotatable bonds is 6. The summed E-state index contributed by atoms with van der Waals surface area (Å²) in [5, 5.41) is 0.879. The Bertz CT molecular complexity index is 935. The minimum atomic E-state index is -0.432. The second kappa shape index (κ2) is 8.93. The third-order valence-electron chi connectivity index (χ3n) is 4.97. The molecule has 0 radical (unpaired) electrons. The SMILES string of the molecule is COc1ccc(N2CC(C(=O)N(C)Cc3cccc(Cl)c3Cl)CC2=O)cc1OC. The summed E-state index contributed by atoms with van der Waals surface area (Å²) in [4.78, 5) is 28.7. The van der Waals surface area contributed by atoms with E-state index in [4.69, 9.17) is 32.7 Å². The zero-order valence-electron chi connectivity index (χ0n) is 16.4. The Morgan fingerprint density at radius 1 is 1.17 bits per heavy atom. The molecule has 0 aromatic heterocycles. The van der Waals surface area contributed by atoms with Crippen molar-refractivity contribution in [2.45, 2.75) is 13.0 Å². The van der Waals surface area contributed by atoms with E-state index in [0.29, 0.717) is 40.3 Å². The van der Waals surface area contributed by atoms with Gasteiger partial charge in [-0.15, -0.1) is 0 Å². The van der Waals surface area contributed by atoms with Crippen LogP contribution < -0.4 is 14.4 Å². The molecule has 1 fully saturated rings. The van der Waals surface area contributed by atoms with Crippen LogP contribution >= 0.6 is 23.2 Å². The van der Waals surface area contributed by atoms with Gasteiger partial charge < -0.3 is 19.3 Å². The van der Waals surface area contributed by atoms with E-state index in [1.165, 1.54) is 7.11 Å². The van der Waals surface area contributed by atoms with E-state index in [0.717, 1.165) is 5.56 Å². The van der Waals surface area contributed by atoms with E-state index in [1.807, 2.05) is 6.07 Å². The zero-order valence-corrected chi connectivity index (χ0v) is 18.0. The smallest absolute Gasteiger partial charge is 0.228 e. The number of carbonyl (C=O) groups excluding carboxylic acids is 2. The lowest BCUT2D eigenvalue weighted by molar-refractivity contribution is -0.135. The summed E-state index contributed by atoms with van der Waals surface area (Å²) in [7, 11) is 4.79. The largest absolute Gasteiger partial charge is 0.493 e. The molecule has 1 saturated heterocycles. The van der Waals surface area contributed by atoms with Crippen molar-refractivity contribution in [3.8, 4) is 11.5 Å². The van der Waals surface area contributed by atoms with Crippen LogP contribution in [0.4, 0.5) is 5.69 Å². The van der Waals surface area contributed by atoms with Gasteiger partial charge in [-0.3, -0.25) is 9.59 Å². The van der Waals surface area contributed by atoms with Gasteiger partial charge in [0.1, 0.15) is 0 Å². The van der Waals surface area contributed by atoms with Crippen LogP contribution in [0, 0.1) is 5.92 Å². The summed E-state index contributed by atoms with van der Waals surface area (Å²) < 4.78 is 10.5. The first-order valence-electron chi connectivity index (χ1n) is 9.06. The molecule has 1 heterocycles. The van der Waals surface area contributed by atoms with Crippen molar-refractivity contribution in [1.82, 2.24) is 4.90 Å². The van der Waals surface area contributed by atoms with Crippen LogP contribution in [0.5, 0.6) is 11.5 Å². The highest BCUT2D eigenvalue weighted by molar-refractivity contribution is 6.42. The highest BCUT2D eigenvalue weighted by atomic mass is 35.5. The van der Waals surface area contributed by atoms with E-state index in [-0.39, 0.29) is 18.2 Å². The number of hydrogen-bond donors (Lipinski definition) is 0. The predicted molar refractivity (Wildman–Crippen MR) is 113 cm³/mol. The predicted octanol–water partition coefficient (Wildman–Crippen LogP) is 4.02. The fraction of sp³-hybridized carbons (Fsp3) is 0.333. The highest BCUT2D eigenvalue weighted by Crippen LogP contribution is 2.34. The second-order valence-corrected chi connectivity index (χ2v) is 7.64. The summed E-state index contributed by atoms with van der Waals surface area (Å²) in [6, 6.07) is 10.6. The molecular weight excluding hydrogens is 415 g/mol. The number of halogens is 2. The maximum atomic E-state index is 12.9. The van der Waals surface area contributed by atoms with Crippen molar-refractivity contribution in [3.05, 3.63) is 52.0 Å². The fourth-order valence-corrected chi connectivity index (χ4v) is 3.81. The minimum Gasteiger partial charge on any atom is -0.493 e. The second-order valence-electron chi connectivity index (χ2n) is 6.85. The Morgan fingerprint density at radius 2 is 1.90 bits per heavy atom. The van der Waals surface area contributed by atoms with Crippen molar-refractivity contribution < 1.29 is 19.1 Å². The Labute approximate surface area is 179 Å². The average molecular weight is 437 g/mol. The molecule has 1 aliphatic rings. The topological polar surface area (TPSA) is 59.1 Å². The van der Waals surface area contributed by atoms with Gasteiger partial charge in [-0.2, -0.15) is 0 Å². The molecule has 2 amide bonds. The van der Waals surface area contributed by atoms with Crippen molar-refractivity contribution in [1.29, 1.82) is 0 Å². The standard InChI is InChI=1S/C21H22Cl2N2O4/c1-24(11-13-5-4-6-16(22)20(13)23)21(27)14-9-19(26)25(12-14)15-7-8-17(28-2)18(10-15)29-3/h4-8,10,14H,9,11-12H2,1-3H3. The van der Waals surface area contributed by atoms with Gasteiger partial charge in [-0.25, -0.2) is 0 Å². The Hall–Kier alpha value is -2.44. The molecule has 1 atom stereocenters. The monoisotopic (exact) mass is 436 g/mol. The Balaban J connectivity index is 1.72. The van der Waals surface area contributed by atoms with E-state index >= 15 is 0 Å². The molecule has 8 heteroatoms. The Kier molecular flexibility index (Phi) is 6.55. The number of benzene rings is 2. The average Bonchev–Trinajstić information content (AvgIpc) is 3.11. The lowest BCUT2D eigenvalue weighted by Gasteiger charge is -2.22. The third kappa shape index (κ3) is 4.43. The molecule has 2 aromatic carbocycles. The van der Waals surface area contributed by atoms with Gasteiger partial charge in [0.2, 0.25) is 11.8 Å². The molecule has 0 spiro atoms. The number of anilines is 1. The minimum absolute atomic E-state index is 0.107. The maximum absolute atomic E-state index is 12.9. The van der Waals surface area contributed by atoms with Crippen LogP contribution in [0.2, 0.25) is 10.0 Å². The fourth-order valence-electron chi connectivity index (χ4n) is 3.43. The lowest BCUT2D eigenvalue weighted by atomic mass is 10.1. The number of methoxy groups -OCH3 is 2. The molecule has 3 rings (SSSR count). The number of hydrogen-bond acceptors (Lipinski definition) is 4. The van der Waals surface area contributed by atoms with Crippen molar-refractivity contribution in [2.24, 2.45) is 5.92 Å². The number of carbonyl (C=O) groups is 2. The maximum Gasteiger partial charge on any atom is 0.228 e. The zero-order chi connectivity index (χ0) is 21.1. The molecule has 0 aliphatic carbocycles. The molecule has 0 bridgehead atoms. The summed E-state index contributed by atoms with van der Waals surface area (Å²) in [5.41, 5.74) is 1.43. The first kappa shape index (κ1) is 21.3. The lowest BCUT2D eigenvalue weighted by Crippen LogP contribution is -2.34. The van der Waals surface area contributed by atoms with Crippen LogP contribution in [-0.2, 0) is 16.1 Å².